The monoisotopic (exact) mass is 442 g/mol. The minimum absolute atomic E-state index is 0.0883. The number of methoxy groups -OCH3 is 1. The summed E-state index contributed by atoms with van der Waals surface area (Å²) in [5, 5.41) is 2.91. The maximum atomic E-state index is 12.9. The normalized spacial score (nSPS) is 13.1. The number of carbonyl (C=O) groups excluding carboxylic acids is 2. The molecule has 3 N–H and O–H groups in total. The number of rotatable bonds is 10. The van der Waals surface area contributed by atoms with Crippen molar-refractivity contribution in [1.29, 1.82) is 0 Å². The lowest BCUT2D eigenvalue weighted by molar-refractivity contribution is -0.172. The molecule has 0 bridgehead atoms. The van der Waals surface area contributed by atoms with Gasteiger partial charge >= 0.3 is 5.97 Å². The van der Waals surface area contributed by atoms with Crippen LogP contribution in [0.15, 0.2) is 48.5 Å². The standard InChI is InChI=1S/C25H34N2O5/c1-24(2,3)23(29)32-25(4,17-18-9-7-6-8-10-18)27-22(28)16-19-11-12-20(31-14-13-26)21(15-19)30-5/h6-12,15H,13-14,16-17,26H2,1-5H3,(H,27,28)/t25-/m0/s1. The zero-order chi connectivity index (χ0) is 23.8. The van der Waals surface area contributed by atoms with E-state index in [4.69, 9.17) is 19.9 Å². The first-order chi connectivity index (χ1) is 15.1. The van der Waals surface area contributed by atoms with Crippen molar-refractivity contribution in [2.75, 3.05) is 20.3 Å². The molecule has 32 heavy (non-hydrogen) atoms. The quantitative estimate of drug-likeness (QED) is 0.433. The fraction of sp³-hybridized carbons (Fsp3) is 0.440. The van der Waals surface area contributed by atoms with E-state index in [0.717, 1.165) is 11.1 Å². The van der Waals surface area contributed by atoms with Gasteiger partial charge in [0.2, 0.25) is 5.91 Å². The molecular weight excluding hydrogens is 408 g/mol. The van der Waals surface area contributed by atoms with Gasteiger partial charge in [0, 0.05) is 13.0 Å². The first-order valence-corrected chi connectivity index (χ1v) is 10.6. The van der Waals surface area contributed by atoms with Gasteiger partial charge in [0.1, 0.15) is 6.61 Å². The molecule has 0 saturated carbocycles. The third-order valence-corrected chi connectivity index (χ3v) is 4.69. The van der Waals surface area contributed by atoms with Gasteiger partial charge in [-0.25, -0.2) is 0 Å². The van der Waals surface area contributed by atoms with Crippen molar-refractivity contribution in [3.63, 3.8) is 0 Å². The summed E-state index contributed by atoms with van der Waals surface area (Å²) in [5.74, 6) is 0.423. The predicted molar refractivity (Wildman–Crippen MR) is 123 cm³/mol. The number of nitrogens with one attached hydrogen (secondary N) is 1. The SMILES string of the molecule is COc1cc(CC(=O)N[C@](C)(Cc2ccccc2)OC(=O)C(C)(C)C)ccc1OCCN. The topological polar surface area (TPSA) is 99.9 Å². The maximum absolute atomic E-state index is 12.9. The average Bonchev–Trinajstić information content (AvgIpc) is 2.72. The van der Waals surface area contributed by atoms with Crippen LogP contribution in [0.2, 0.25) is 0 Å². The van der Waals surface area contributed by atoms with Crippen LogP contribution in [-0.2, 0) is 27.2 Å². The molecule has 1 atom stereocenters. The Kier molecular flexibility index (Phi) is 8.66. The van der Waals surface area contributed by atoms with Crippen LogP contribution in [0.1, 0.15) is 38.8 Å². The van der Waals surface area contributed by atoms with Crippen molar-refractivity contribution < 1.29 is 23.8 Å². The summed E-state index contributed by atoms with van der Waals surface area (Å²) < 4.78 is 16.7. The summed E-state index contributed by atoms with van der Waals surface area (Å²) in [4.78, 5) is 25.5. The van der Waals surface area contributed by atoms with E-state index in [0.29, 0.717) is 31.1 Å². The highest BCUT2D eigenvalue weighted by molar-refractivity contribution is 5.80. The van der Waals surface area contributed by atoms with Crippen LogP contribution in [-0.4, -0.2) is 37.9 Å². The highest BCUT2D eigenvalue weighted by atomic mass is 16.6. The van der Waals surface area contributed by atoms with Gasteiger partial charge in [-0.3, -0.25) is 9.59 Å². The Balaban J connectivity index is 2.17. The first kappa shape index (κ1) is 25.2. The van der Waals surface area contributed by atoms with E-state index in [1.54, 1.807) is 45.9 Å². The fourth-order valence-electron chi connectivity index (χ4n) is 3.08. The lowest BCUT2D eigenvalue weighted by atomic mass is 9.96. The summed E-state index contributed by atoms with van der Waals surface area (Å²) >= 11 is 0. The molecule has 7 nitrogen and oxygen atoms in total. The Hall–Kier alpha value is -3.06. The Labute approximate surface area is 190 Å². The lowest BCUT2D eigenvalue weighted by Gasteiger charge is -2.33. The second kappa shape index (κ2) is 11.0. The molecule has 0 saturated heterocycles. The number of esters is 1. The van der Waals surface area contributed by atoms with Crippen LogP contribution >= 0.6 is 0 Å². The summed E-state index contributed by atoms with van der Waals surface area (Å²) in [6.45, 7) is 7.81. The van der Waals surface area contributed by atoms with Crippen molar-refractivity contribution in [3.8, 4) is 11.5 Å². The average molecular weight is 443 g/mol. The highest BCUT2D eigenvalue weighted by Gasteiger charge is 2.35. The Bertz CT molecular complexity index is 908. The van der Waals surface area contributed by atoms with Crippen LogP contribution in [0.25, 0.3) is 0 Å². The van der Waals surface area contributed by atoms with Gasteiger partial charge in [-0.05, 0) is 51.0 Å². The van der Waals surface area contributed by atoms with E-state index in [-0.39, 0.29) is 18.3 Å². The molecule has 2 aromatic rings. The maximum Gasteiger partial charge on any atom is 0.313 e. The number of hydrogen-bond acceptors (Lipinski definition) is 6. The summed E-state index contributed by atoms with van der Waals surface area (Å²) in [7, 11) is 1.54. The molecule has 174 valence electrons. The minimum Gasteiger partial charge on any atom is -0.493 e. The molecule has 2 aromatic carbocycles. The molecule has 0 aliphatic carbocycles. The zero-order valence-electron chi connectivity index (χ0n) is 19.6. The van der Waals surface area contributed by atoms with E-state index < -0.39 is 11.1 Å². The molecule has 0 heterocycles. The van der Waals surface area contributed by atoms with E-state index in [2.05, 4.69) is 5.32 Å². The van der Waals surface area contributed by atoms with E-state index in [1.165, 1.54) is 7.11 Å². The van der Waals surface area contributed by atoms with Crippen molar-refractivity contribution in [1.82, 2.24) is 5.32 Å². The predicted octanol–water partition coefficient (Wildman–Crippen LogP) is 3.24. The lowest BCUT2D eigenvalue weighted by Crippen LogP contribution is -2.52. The smallest absolute Gasteiger partial charge is 0.313 e. The molecule has 0 fully saturated rings. The molecule has 0 aliphatic rings. The van der Waals surface area contributed by atoms with Crippen LogP contribution in [0.5, 0.6) is 11.5 Å². The van der Waals surface area contributed by atoms with Crippen molar-refractivity contribution in [3.05, 3.63) is 59.7 Å². The van der Waals surface area contributed by atoms with Gasteiger partial charge in [-0.15, -0.1) is 0 Å². The first-order valence-electron chi connectivity index (χ1n) is 10.6. The van der Waals surface area contributed by atoms with Crippen LogP contribution in [0.3, 0.4) is 0 Å². The van der Waals surface area contributed by atoms with E-state index >= 15 is 0 Å². The third-order valence-electron chi connectivity index (χ3n) is 4.69. The molecule has 0 aromatic heterocycles. The van der Waals surface area contributed by atoms with Gasteiger partial charge in [0.25, 0.3) is 0 Å². The number of ether oxygens (including phenoxy) is 3. The number of benzene rings is 2. The number of nitrogens with two attached hydrogens (primary N) is 1. The zero-order valence-corrected chi connectivity index (χ0v) is 19.6. The second-order valence-corrected chi connectivity index (χ2v) is 8.88. The Morgan fingerprint density at radius 2 is 1.66 bits per heavy atom. The second-order valence-electron chi connectivity index (χ2n) is 8.88. The van der Waals surface area contributed by atoms with E-state index in [9.17, 15) is 9.59 Å². The van der Waals surface area contributed by atoms with Gasteiger partial charge in [0.05, 0.1) is 18.9 Å². The molecule has 1 amide bonds. The molecule has 7 heteroatoms. The van der Waals surface area contributed by atoms with Gasteiger partial charge in [0.15, 0.2) is 17.2 Å². The highest BCUT2D eigenvalue weighted by Crippen LogP contribution is 2.28. The van der Waals surface area contributed by atoms with Gasteiger partial charge in [-0.2, -0.15) is 0 Å². The molecule has 2 rings (SSSR count). The fourth-order valence-corrected chi connectivity index (χ4v) is 3.08. The molecule has 0 unspecified atom stereocenters. The molecule has 0 radical (unpaired) electrons. The van der Waals surface area contributed by atoms with Crippen LogP contribution in [0.4, 0.5) is 0 Å². The summed E-state index contributed by atoms with van der Waals surface area (Å²) in [6, 6.07) is 14.9. The Morgan fingerprint density at radius 3 is 2.25 bits per heavy atom. The molecular formula is C25H34N2O5. The molecule has 0 spiro atoms. The van der Waals surface area contributed by atoms with Crippen molar-refractivity contribution in [2.45, 2.75) is 46.3 Å². The van der Waals surface area contributed by atoms with Crippen LogP contribution in [0, 0.1) is 5.41 Å². The van der Waals surface area contributed by atoms with Gasteiger partial charge < -0.3 is 25.3 Å². The molecule has 0 aliphatic heterocycles. The third kappa shape index (κ3) is 7.57. The van der Waals surface area contributed by atoms with Crippen LogP contribution < -0.4 is 20.5 Å². The number of hydrogen-bond donors (Lipinski definition) is 2. The van der Waals surface area contributed by atoms with Gasteiger partial charge in [-0.1, -0.05) is 36.4 Å². The summed E-state index contributed by atoms with van der Waals surface area (Å²) in [5.41, 5.74) is 5.27. The number of amides is 1. The van der Waals surface area contributed by atoms with Crippen molar-refractivity contribution >= 4 is 11.9 Å². The Morgan fingerprint density at radius 1 is 0.969 bits per heavy atom. The largest absolute Gasteiger partial charge is 0.493 e. The summed E-state index contributed by atoms with van der Waals surface area (Å²) in [6.07, 6.45) is 0.432. The van der Waals surface area contributed by atoms with Crippen molar-refractivity contribution in [2.24, 2.45) is 11.1 Å². The van der Waals surface area contributed by atoms with E-state index in [1.807, 2.05) is 30.3 Å². The number of carbonyl (C=O) groups is 2. The minimum atomic E-state index is -1.20.